The molecule has 1 nitrogen and oxygen atoms in total. The Labute approximate surface area is 294 Å². The maximum atomic E-state index is 2.40. The maximum Gasteiger partial charge on any atom is 0.0476 e. The second-order valence-corrected chi connectivity index (χ2v) is 14.0. The van der Waals surface area contributed by atoms with Crippen molar-refractivity contribution in [3.8, 4) is 22.3 Å². The van der Waals surface area contributed by atoms with Crippen molar-refractivity contribution < 1.29 is 0 Å². The summed E-state index contributed by atoms with van der Waals surface area (Å²) in [5.74, 6) is 0. The second kappa shape index (κ2) is 11.7. The molecule has 0 radical (unpaired) electrons. The van der Waals surface area contributed by atoms with Gasteiger partial charge in [0.25, 0.3) is 0 Å². The Bertz CT molecular complexity index is 2870. The zero-order valence-electron chi connectivity index (χ0n) is 27.3. The lowest BCUT2D eigenvalue weighted by atomic mass is 9.95. The third-order valence-electron chi connectivity index (χ3n) is 10.0. The molecule has 9 aromatic carbocycles. The summed E-state index contributed by atoms with van der Waals surface area (Å²) in [5.41, 5.74) is 8.30. The number of rotatable bonds is 5. The van der Waals surface area contributed by atoms with E-state index in [4.69, 9.17) is 0 Å². The summed E-state index contributed by atoms with van der Waals surface area (Å²) in [7, 11) is 0. The van der Waals surface area contributed by atoms with Crippen LogP contribution in [0.25, 0.3) is 74.7 Å². The van der Waals surface area contributed by atoms with Crippen LogP contribution in [0.2, 0.25) is 0 Å². The van der Waals surface area contributed by atoms with E-state index in [0.29, 0.717) is 0 Å². The lowest BCUT2D eigenvalue weighted by molar-refractivity contribution is 1.30. The van der Waals surface area contributed by atoms with Gasteiger partial charge in [0.2, 0.25) is 0 Å². The number of hydrogen-bond acceptors (Lipinski definition) is 2. The Morgan fingerprint density at radius 2 is 0.880 bits per heavy atom. The van der Waals surface area contributed by atoms with E-state index >= 15 is 0 Å². The zero-order valence-corrected chi connectivity index (χ0v) is 28.1. The first-order valence-electron chi connectivity index (χ1n) is 17.1. The Hall–Kier alpha value is -6.22. The quantitative estimate of drug-likeness (QED) is 0.167. The monoisotopic (exact) mass is 653 g/mol. The fraction of sp³-hybridized carbons (Fsp3) is 0. The lowest BCUT2D eigenvalue weighted by Gasteiger charge is -2.26. The SMILES string of the molecule is c1cc(-c2ccc(N(c3ccc4c(ccc5ccccc54)c3)c3ccc4c(c3)sc3ccccc34)cc2)cc(-c2cccc3ccccc23)c1. The van der Waals surface area contributed by atoms with Gasteiger partial charge < -0.3 is 4.90 Å². The molecule has 0 saturated carbocycles. The number of anilines is 3. The van der Waals surface area contributed by atoms with E-state index in [0.717, 1.165) is 17.1 Å². The molecule has 0 fully saturated rings. The molecule has 0 aliphatic heterocycles. The third-order valence-corrected chi connectivity index (χ3v) is 11.2. The molecule has 0 bridgehead atoms. The van der Waals surface area contributed by atoms with Crippen LogP contribution in [0, 0.1) is 0 Å². The first kappa shape index (κ1) is 28.8. The number of fused-ring (bicyclic) bond motifs is 7. The van der Waals surface area contributed by atoms with Gasteiger partial charge in [0, 0.05) is 37.2 Å². The molecule has 10 aromatic rings. The van der Waals surface area contributed by atoms with Crippen molar-refractivity contribution in [3.05, 3.63) is 188 Å². The molecular formula is C48H31NS. The van der Waals surface area contributed by atoms with E-state index in [-0.39, 0.29) is 0 Å². The van der Waals surface area contributed by atoms with Crippen molar-refractivity contribution in [2.75, 3.05) is 4.90 Å². The number of nitrogens with zero attached hydrogens (tertiary/aromatic N) is 1. The van der Waals surface area contributed by atoms with Crippen molar-refractivity contribution in [3.63, 3.8) is 0 Å². The topological polar surface area (TPSA) is 3.24 Å². The van der Waals surface area contributed by atoms with Gasteiger partial charge in [0.15, 0.2) is 0 Å². The van der Waals surface area contributed by atoms with Crippen LogP contribution in [-0.2, 0) is 0 Å². The maximum absolute atomic E-state index is 2.40. The standard InChI is InChI=1S/C48H31NS/c1-3-14-41-33(9-1)11-8-17-43(41)36-13-7-12-35(29-36)32-21-23-38(24-22-32)49(40-26-28-46-45-16-5-6-18-47(45)50-48(46)31-40)39-25-27-44-37(30-39)20-19-34-10-2-4-15-42(34)44/h1-31H. The molecule has 0 aliphatic rings. The zero-order chi connectivity index (χ0) is 33.0. The van der Waals surface area contributed by atoms with Crippen LogP contribution in [-0.4, -0.2) is 0 Å². The fourth-order valence-corrected chi connectivity index (χ4v) is 8.73. The molecule has 0 atom stereocenters. The van der Waals surface area contributed by atoms with Gasteiger partial charge in [-0.25, -0.2) is 0 Å². The van der Waals surface area contributed by atoms with E-state index < -0.39 is 0 Å². The van der Waals surface area contributed by atoms with Crippen molar-refractivity contribution in [2.45, 2.75) is 0 Å². The van der Waals surface area contributed by atoms with E-state index in [1.165, 1.54) is 74.7 Å². The average molecular weight is 654 g/mol. The molecule has 2 heteroatoms. The highest BCUT2D eigenvalue weighted by molar-refractivity contribution is 7.25. The highest BCUT2D eigenvalue weighted by Gasteiger charge is 2.16. The molecule has 234 valence electrons. The van der Waals surface area contributed by atoms with Gasteiger partial charge in [-0.15, -0.1) is 11.3 Å². The Morgan fingerprint density at radius 1 is 0.300 bits per heavy atom. The van der Waals surface area contributed by atoms with Gasteiger partial charge in [0.1, 0.15) is 0 Å². The van der Waals surface area contributed by atoms with Crippen LogP contribution < -0.4 is 4.90 Å². The van der Waals surface area contributed by atoms with Gasteiger partial charge in [-0.2, -0.15) is 0 Å². The van der Waals surface area contributed by atoms with Crippen LogP contribution in [0.5, 0.6) is 0 Å². The molecule has 0 saturated heterocycles. The molecular weight excluding hydrogens is 623 g/mol. The van der Waals surface area contributed by atoms with Crippen LogP contribution in [0.1, 0.15) is 0 Å². The predicted molar refractivity (Wildman–Crippen MR) is 217 cm³/mol. The van der Waals surface area contributed by atoms with Crippen LogP contribution >= 0.6 is 11.3 Å². The number of benzene rings is 9. The third kappa shape index (κ3) is 4.84. The largest absolute Gasteiger partial charge is 0.310 e. The average Bonchev–Trinajstić information content (AvgIpc) is 3.56. The van der Waals surface area contributed by atoms with Gasteiger partial charge in [-0.05, 0) is 103 Å². The predicted octanol–water partition coefficient (Wildman–Crippen LogP) is 14.3. The summed E-state index contributed by atoms with van der Waals surface area (Å²) < 4.78 is 2.61. The molecule has 1 heterocycles. The lowest BCUT2D eigenvalue weighted by Crippen LogP contribution is -2.09. The Kier molecular flexibility index (Phi) is 6.75. The number of hydrogen-bond donors (Lipinski definition) is 0. The molecule has 0 aliphatic carbocycles. The molecule has 50 heavy (non-hydrogen) atoms. The molecule has 0 spiro atoms. The normalized spacial score (nSPS) is 11.6. The van der Waals surface area contributed by atoms with Crippen LogP contribution in [0.15, 0.2) is 188 Å². The summed E-state index contributed by atoms with van der Waals surface area (Å²) in [6.07, 6.45) is 0. The van der Waals surface area contributed by atoms with Crippen molar-refractivity contribution >= 4 is 80.9 Å². The molecule has 10 rings (SSSR count). The molecule has 0 amide bonds. The smallest absolute Gasteiger partial charge is 0.0476 e. The van der Waals surface area contributed by atoms with Crippen molar-refractivity contribution in [1.82, 2.24) is 0 Å². The van der Waals surface area contributed by atoms with E-state index in [2.05, 4.69) is 193 Å². The van der Waals surface area contributed by atoms with Crippen molar-refractivity contribution in [2.24, 2.45) is 0 Å². The Morgan fingerprint density at radius 3 is 1.74 bits per heavy atom. The van der Waals surface area contributed by atoms with Gasteiger partial charge in [-0.3, -0.25) is 0 Å². The first-order chi connectivity index (χ1) is 24.8. The van der Waals surface area contributed by atoms with Crippen molar-refractivity contribution in [1.29, 1.82) is 0 Å². The minimum absolute atomic E-state index is 1.12. The van der Waals surface area contributed by atoms with Crippen LogP contribution in [0.4, 0.5) is 17.1 Å². The van der Waals surface area contributed by atoms with E-state index in [9.17, 15) is 0 Å². The Balaban J connectivity index is 1.09. The van der Waals surface area contributed by atoms with E-state index in [1.54, 1.807) is 0 Å². The summed E-state index contributed by atoms with van der Waals surface area (Å²) in [6.45, 7) is 0. The first-order valence-corrected chi connectivity index (χ1v) is 17.9. The number of thiophene rings is 1. The minimum atomic E-state index is 1.12. The molecule has 0 N–H and O–H groups in total. The summed E-state index contributed by atoms with van der Waals surface area (Å²) in [6, 6.07) is 68.8. The summed E-state index contributed by atoms with van der Waals surface area (Å²) in [5, 5.41) is 10.2. The molecule has 1 aromatic heterocycles. The van der Waals surface area contributed by atoms with Gasteiger partial charge in [0.05, 0.1) is 0 Å². The van der Waals surface area contributed by atoms with E-state index in [1.807, 2.05) is 11.3 Å². The van der Waals surface area contributed by atoms with Crippen LogP contribution in [0.3, 0.4) is 0 Å². The second-order valence-electron chi connectivity index (χ2n) is 13.0. The fourth-order valence-electron chi connectivity index (χ4n) is 7.59. The molecule has 0 unspecified atom stereocenters. The van der Waals surface area contributed by atoms with Gasteiger partial charge >= 0.3 is 0 Å². The summed E-state index contributed by atoms with van der Waals surface area (Å²) >= 11 is 1.86. The highest BCUT2D eigenvalue weighted by atomic mass is 32.1. The minimum Gasteiger partial charge on any atom is -0.310 e. The van der Waals surface area contributed by atoms with Gasteiger partial charge in [-0.1, -0.05) is 140 Å². The summed E-state index contributed by atoms with van der Waals surface area (Å²) in [4.78, 5) is 2.40. The highest BCUT2D eigenvalue weighted by Crippen LogP contribution is 2.42.